The van der Waals surface area contributed by atoms with E-state index in [9.17, 15) is 9.59 Å². The first-order valence-electron chi connectivity index (χ1n) is 5.38. The molecule has 0 atom stereocenters. The molecule has 0 amide bonds. The molecule has 0 aliphatic carbocycles. The van der Waals surface area contributed by atoms with Gasteiger partial charge >= 0.3 is 5.97 Å². The smallest absolute Gasteiger partial charge is 0.303 e. The van der Waals surface area contributed by atoms with Crippen LogP contribution in [0.15, 0.2) is 27.5 Å². The van der Waals surface area contributed by atoms with Crippen LogP contribution >= 0.6 is 0 Å². The summed E-state index contributed by atoms with van der Waals surface area (Å²) in [7, 11) is 0. The van der Waals surface area contributed by atoms with Crippen LogP contribution in [0.25, 0.3) is 11.5 Å². The summed E-state index contributed by atoms with van der Waals surface area (Å²) in [5.74, 6) is -0.163. The van der Waals surface area contributed by atoms with Gasteiger partial charge in [0.25, 0.3) is 0 Å². The van der Waals surface area contributed by atoms with Gasteiger partial charge in [-0.05, 0) is 12.5 Å². The number of rotatable bonds is 5. The molecule has 2 aromatic heterocycles. The maximum Gasteiger partial charge on any atom is 0.303 e. The molecule has 2 heterocycles. The van der Waals surface area contributed by atoms with Crippen molar-refractivity contribution in [2.45, 2.75) is 19.3 Å². The lowest BCUT2D eigenvalue weighted by molar-refractivity contribution is -0.137. The van der Waals surface area contributed by atoms with E-state index in [1.54, 1.807) is 6.07 Å². The van der Waals surface area contributed by atoms with Crippen LogP contribution in [0.3, 0.4) is 0 Å². The average Bonchev–Trinajstić information content (AvgIpc) is 2.78. The first kappa shape index (κ1) is 12.0. The summed E-state index contributed by atoms with van der Waals surface area (Å²) in [6.45, 7) is 0. The number of hydrogen-bond donors (Lipinski definition) is 2. The summed E-state index contributed by atoms with van der Waals surface area (Å²) in [5.41, 5.74) is 0.409. The summed E-state index contributed by atoms with van der Waals surface area (Å²) in [6.07, 6.45) is 2.42. The molecule has 2 rings (SSSR count). The van der Waals surface area contributed by atoms with Crippen LogP contribution in [0, 0.1) is 0 Å². The number of aryl methyl sites for hydroxylation is 1. The highest BCUT2D eigenvalue weighted by molar-refractivity contribution is 5.66. The van der Waals surface area contributed by atoms with E-state index in [0.29, 0.717) is 30.2 Å². The number of hydrogen-bond acceptors (Lipinski definition) is 5. The number of carboxylic acid groups (broad SMARTS) is 1. The van der Waals surface area contributed by atoms with Gasteiger partial charge in [0, 0.05) is 25.1 Å². The molecule has 2 aromatic rings. The molecule has 0 bridgehead atoms. The quantitative estimate of drug-likeness (QED) is 0.812. The number of carboxylic acids is 1. The second-order valence-electron chi connectivity index (χ2n) is 3.69. The first-order chi connectivity index (χ1) is 8.65. The zero-order valence-corrected chi connectivity index (χ0v) is 9.42. The Balaban J connectivity index is 2.03. The van der Waals surface area contributed by atoms with Crippen molar-refractivity contribution in [1.29, 1.82) is 0 Å². The van der Waals surface area contributed by atoms with E-state index >= 15 is 0 Å². The summed E-state index contributed by atoms with van der Waals surface area (Å²) in [4.78, 5) is 23.7. The monoisotopic (exact) mass is 249 g/mol. The van der Waals surface area contributed by atoms with Crippen molar-refractivity contribution in [3.63, 3.8) is 0 Å². The minimum absolute atomic E-state index is 0.0658. The third-order valence-electron chi connectivity index (χ3n) is 2.28. The van der Waals surface area contributed by atoms with Crippen LogP contribution in [-0.4, -0.2) is 26.3 Å². The van der Waals surface area contributed by atoms with Gasteiger partial charge in [0.2, 0.25) is 17.3 Å². The van der Waals surface area contributed by atoms with Crippen LogP contribution < -0.4 is 5.56 Å². The van der Waals surface area contributed by atoms with Crippen molar-refractivity contribution in [1.82, 2.24) is 15.2 Å². The Morgan fingerprint density at radius 3 is 2.89 bits per heavy atom. The van der Waals surface area contributed by atoms with Crippen LogP contribution in [0.2, 0.25) is 0 Å². The van der Waals surface area contributed by atoms with Gasteiger partial charge in [0.05, 0.1) is 5.56 Å². The number of aromatic amines is 1. The Morgan fingerprint density at radius 1 is 1.39 bits per heavy atom. The molecule has 0 fully saturated rings. The summed E-state index contributed by atoms with van der Waals surface area (Å²) in [6, 6.07) is 2.94. The van der Waals surface area contributed by atoms with E-state index in [1.165, 1.54) is 12.3 Å². The van der Waals surface area contributed by atoms with Crippen molar-refractivity contribution < 1.29 is 14.3 Å². The fraction of sp³-hybridized carbons (Fsp3) is 0.273. The number of nitrogens with one attached hydrogen (secondary N) is 1. The SMILES string of the molecule is O=C(O)CCCc1nnc(-c2ccc(=O)[nH]c2)o1. The molecule has 0 aliphatic heterocycles. The lowest BCUT2D eigenvalue weighted by Crippen LogP contribution is -2.01. The normalized spacial score (nSPS) is 10.4. The summed E-state index contributed by atoms with van der Waals surface area (Å²) in [5, 5.41) is 16.1. The van der Waals surface area contributed by atoms with Crippen molar-refractivity contribution in [3.8, 4) is 11.5 Å². The number of aromatic nitrogens is 3. The summed E-state index contributed by atoms with van der Waals surface area (Å²) >= 11 is 0. The van der Waals surface area contributed by atoms with Crippen LogP contribution in [0.4, 0.5) is 0 Å². The lowest BCUT2D eigenvalue weighted by atomic mass is 10.2. The fourth-order valence-electron chi connectivity index (χ4n) is 1.41. The Kier molecular flexibility index (Phi) is 3.52. The topological polar surface area (TPSA) is 109 Å². The molecular formula is C11H11N3O4. The van der Waals surface area contributed by atoms with Gasteiger partial charge in [0.15, 0.2) is 0 Å². The van der Waals surface area contributed by atoms with Crippen molar-refractivity contribution in [2.24, 2.45) is 0 Å². The second-order valence-corrected chi connectivity index (χ2v) is 3.69. The molecule has 2 N–H and O–H groups in total. The third-order valence-corrected chi connectivity index (χ3v) is 2.28. The van der Waals surface area contributed by atoms with Gasteiger partial charge in [-0.1, -0.05) is 0 Å². The maximum absolute atomic E-state index is 10.9. The molecule has 0 radical (unpaired) electrons. The molecular weight excluding hydrogens is 238 g/mol. The van der Waals surface area contributed by atoms with Crippen LogP contribution in [0.5, 0.6) is 0 Å². The van der Waals surface area contributed by atoms with Gasteiger partial charge in [-0.15, -0.1) is 10.2 Å². The molecule has 0 spiro atoms. The van der Waals surface area contributed by atoms with E-state index in [-0.39, 0.29) is 12.0 Å². The van der Waals surface area contributed by atoms with Crippen LogP contribution in [0.1, 0.15) is 18.7 Å². The van der Waals surface area contributed by atoms with Gasteiger partial charge in [0.1, 0.15) is 0 Å². The summed E-state index contributed by atoms with van der Waals surface area (Å²) < 4.78 is 5.35. The van der Waals surface area contributed by atoms with E-state index in [0.717, 1.165) is 0 Å². The van der Waals surface area contributed by atoms with Gasteiger partial charge in [-0.2, -0.15) is 0 Å². The number of pyridine rings is 1. The van der Waals surface area contributed by atoms with Crippen molar-refractivity contribution in [2.75, 3.05) is 0 Å². The lowest BCUT2D eigenvalue weighted by Gasteiger charge is -1.93. The molecule has 0 unspecified atom stereocenters. The number of nitrogens with zero attached hydrogens (tertiary/aromatic N) is 2. The van der Waals surface area contributed by atoms with Gasteiger partial charge in [-0.25, -0.2) is 0 Å². The number of carbonyl (C=O) groups is 1. The maximum atomic E-state index is 10.9. The second kappa shape index (κ2) is 5.26. The van der Waals surface area contributed by atoms with E-state index < -0.39 is 5.97 Å². The standard InChI is InChI=1S/C11H11N3O4/c15-8-5-4-7(6-12-8)11-14-13-9(18-11)2-1-3-10(16)17/h4-6H,1-3H2,(H,12,15)(H,16,17). The molecule has 18 heavy (non-hydrogen) atoms. The third kappa shape index (κ3) is 3.03. The Labute approximate surface area is 101 Å². The van der Waals surface area contributed by atoms with E-state index in [4.69, 9.17) is 9.52 Å². The van der Waals surface area contributed by atoms with Crippen molar-refractivity contribution >= 4 is 5.97 Å². The minimum Gasteiger partial charge on any atom is -0.481 e. The van der Waals surface area contributed by atoms with Crippen molar-refractivity contribution in [3.05, 3.63) is 34.6 Å². The Morgan fingerprint density at radius 2 is 2.22 bits per heavy atom. The molecule has 0 saturated carbocycles. The molecule has 7 nitrogen and oxygen atoms in total. The predicted octanol–water partition coefficient (Wildman–Crippen LogP) is 0.832. The molecule has 0 saturated heterocycles. The number of H-pyrrole nitrogens is 1. The number of aliphatic carboxylic acids is 1. The highest BCUT2D eigenvalue weighted by atomic mass is 16.4. The molecule has 0 aromatic carbocycles. The zero-order valence-electron chi connectivity index (χ0n) is 9.42. The average molecular weight is 249 g/mol. The zero-order chi connectivity index (χ0) is 13.0. The largest absolute Gasteiger partial charge is 0.481 e. The Hall–Kier alpha value is -2.44. The van der Waals surface area contributed by atoms with Gasteiger partial charge < -0.3 is 14.5 Å². The van der Waals surface area contributed by atoms with E-state index in [1.807, 2.05) is 0 Å². The Bertz CT molecular complexity index is 582. The minimum atomic E-state index is -0.852. The van der Waals surface area contributed by atoms with Crippen LogP contribution in [-0.2, 0) is 11.2 Å². The molecule has 0 aliphatic rings. The highest BCUT2D eigenvalue weighted by Gasteiger charge is 2.09. The fourth-order valence-corrected chi connectivity index (χ4v) is 1.41. The van der Waals surface area contributed by atoms with E-state index in [2.05, 4.69) is 15.2 Å². The molecule has 7 heteroatoms. The van der Waals surface area contributed by atoms with Gasteiger partial charge in [-0.3, -0.25) is 9.59 Å². The predicted molar refractivity (Wildman–Crippen MR) is 60.9 cm³/mol. The first-order valence-corrected chi connectivity index (χ1v) is 5.38. The molecule has 94 valence electrons. The highest BCUT2D eigenvalue weighted by Crippen LogP contribution is 2.16.